The van der Waals surface area contributed by atoms with Crippen molar-refractivity contribution < 1.29 is 9.90 Å². The van der Waals surface area contributed by atoms with Crippen LogP contribution in [0.2, 0.25) is 0 Å². The lowest BCUT2D eigenvalue weighted by Gasteiger charge is -2.06. The average molecular weight is 387 g/mol. The third-order valence-corrected chi connectivity index (χ3v) is 5.54. The molecule has 0 saturated heterocycles. The Morgan fingerprint density at radius 1 is 1.35 bits per heavy atom. The van der Waals surface area contributed by atoms with Gasteiger partial charge in [-0.25, -0.2) is 4.68 Å². The highest BCUT2D eigenvalue weighted by molar-refractivity contribution is 7.11. The molecule has 0 fully saturated rings. The first-order valence-electron chi connectivity index (χ1n) is 7.94. The Labute approximate surface area is 158 Å². The number of hydrogen-bond acceptors (Lipinski definition) is 6. The van der Waals surface area contributed by atoms with Crippen LogP contribution in [0, 0.1) is 6.92 Å². The zero-order valence-corrected chi connectivity index (χ0v) is 16.0. The first-order chi connectivity index (χ1) is 12.5. The fourth-order valence-corrected chi connectivity index (χ4v) is 4.06. The lowest BCUT2D eigenvalue weighted by molar-refractivity contribution is 0.0998. The third kappa shape index (κ3) is 3.61. The van der Waals surface area contributed by atoms with E-state index in [2.05, 4.69) is 10.1 Å². The molecule has 0 atom stereocenters. The number of phenols is 1. The van der Waals surface area contributed by atoms with Gasteiger partial charge in [-0.1, -0.05) is 0 Å². The molecule has 2 heterocycles. The molecule has 0 aliphatic rings. The first-order valence-corrected chi connectivity index (χ1v) is 9.70. The Balaban J connectivity index is 2.13. The molecule has 0 radical (unpaired) electrons. The normalized spacial score (nSPS) is 12.2. The van der Waals surface area contributed by atoms with Gasteiger partial charge in [0, 0.05) is 17.5 Å². The molecule has 1 amide bonds. The molecule has 0 unspecified atom stereocenters. The molecule has 3 N–H and O–H groups in total. The molecule has 0 bridgehead atoms. The molecule has 2 aromatic heterocycles. The summed E-state index contributed by atoms with van der Waals surface area (Å²) in [7, 11) is 0. The maximum Gasteiger partial charge on any atom is 0.252 e. The summed E-state index contributed by atoms with van der Waals surface area (Å²) in [6, 6.07) is 6.79. The predicted octanol–water partition coefficient (Wildman–Crippen LogP) is 3.19. The molecule has 1 aromatic carbocycles. The van der Waals surface area contributed by atoms with Crippen molar-refractivity contribution in [3.63, 3.8) is 0 Å². The zero-order chi connectivity index (χ0) is 18.7. The molecule has 3 rings (SSSR count). The van der Waals surface area contributed by atoms with Crippen molar-refractivity contribution in [3.05, 3.63) is 55.8 Å². The minimum absolute atomic E-state index is 0.0762. The minimum Gasteiger partial charge on any atom is -0.507 e. The summed E-state index contributed by atoms with van der Waals surface area (Å²) in [5, 5.41) is 18.4. The molecule has 0 spiro atoms. The Hall–Kier alpha value is -2.71. The van der Waals surface area contributed by atoms with Gasteiger partial charge in [0.1, 0.15) is 5.75 Å². The number of nitrogens with zero attached hydrogens (tertiary/aromatic N) is 3. The number of aromatic hydroxyl groups is 1. The maximum atomic E-state index is 11.5. The van der Waals surface area contributed by atoms with Crippen molar-refractivity contribution in [1.82, 2.24) is 4.68 Å². The second kappa shape index (κ2) is 7.67. The molecule has 0 saturated carbocycles. The number of benzene rings is 1. The summed E-state index contributed by atoms with van der Waals surface area (Å²) < 4.78 is 1.74. The number of aromatic nitrogens is 1. The van der Waals surface area contributed by atoms with Gasteiger partial charge in [-0.3, -0.25) is 9.79 Å². The van der Waals surface area contributed by atoms with Gasteiger partial charge in [0.05, 0.1) is 22.3 Å². The van der Waals surface area contributed by atoms with Crippen LogP contribution in [-0.2, 0) is 0 Å². The Bertz CT molecular complexity index is 1040. The van der Waals surface area contributed by atoms with E-state index in [1.807, 2.05) is 30.7 Å². The van der Waals surface area contributed by atoms with E-state index in [4.69, 9.17) is 5.73 Å². The molecule has 26 heavy (non-hydrogen) atoms. The summed E-state index contributed by atoms with van der Waals surface area (Å²) >= 11 is 3.08. The number of hydrogen-bond donors (Lipinski definition) is 2. The number of thiophene rings is 1. The van der Waals surface area contributed by atoms with Gasteiger partial charge >= 0.3 is 0 Å². The Morgan fingerprint density at radius 2 is 2.15 bits per heavy atom. The quantitative estimate of drug-likeness (QED) is 0.659. The standard InChI is InChI=1S/C18H18N4O2S2/c1-3-20-18-22(21-9-16-11(2)6-7-25-16)14(10-26-18)12-4-5-15(23)13(8-12)17(19)24/h4-10,23H,3H2,1-2H3,(H2,19,24)/b20-18?,21-9+. The van der Waals surface area contributed by atoms with E-state index in [-0.39, 0.29) is 11.3 Å². The first kappa shape index (κ1) is 18.1. The van der Waals surface area contributed by atoms with Gasteiger partial charge < -0.3 is 10.8 Å². The van der Waals surface area contributed by atoms with E-state index in [0.717, 1.165) is 26.5 Å². The van der Waals surface area contributed by atoms with Crippen molar-refractivity contribution >= 4 is 34.8 Å². The van der Waals surface area contributed by atoms with E-state index < -0.39 is 5.91 Å². The van der Waals surface area contributed by atoms with E-state index in [1.165, 1.54) is 17.4 Å². The van der Waals surface area contributed by atoms with Crippen molar-refractivity contribution in [2.24, 2.45) is 15.8 Å². The van der Waals surface area contributed by atoms with Crippen LogP contribution in [0.5, 0.6) is 5.75 Å². The van der Waals surface area contributed by atoms with Crippen molar-refractivity contribution in [2.75, 3.05) is 6.54 Å². The molecule has 3 aromatic rings. The number of nitrogens with two attached hydrogens (primary N) is 1. The second-order valence-corrected chi connectivity index (χ2v) is 7.28. The molecule has 8 heteroatoms. The number of primary amides is 1. The molecular weight excluding hydrogens is 368 g/mol. The van der Waals surface area contributed by atoms with Gasteiger partial charge in [-0.05, 0) is 49.1 Å². The third-order valence-electron chi connectivity index (χ3n) is 3.73. The van der Waals surface area contributed by atoms with E-state index in [1.54, 1.807) is 34.4 Å². The number of thiazole rings is 1. The van der Waals surface area contributed by atoms with Crippen LogP contribution in [0.3, 0.4) is 0 Å². The largest absolute Gasteiger partial charge is 0.507 e. The maximum absolute atomic E-state index is 11.5. The van der Waals surface area contributed by atoms with Crippen molar-refractivity contribution in [1.29, 1.82) is 0 Å². The van der Waals surface area contributed by atoms with Crippen LogP contribution in [0.25, 0.3) is 11.3 Å². The average Bonchev–Trinajstić information content (AvgIpc) is 3.20. The summed E-state index contributed by atoms with van der Waals surface area (Å²) in [6.45, 7) is 4.63. The van der Waals surface area contributed by atoms with Gasteiger partial charge in [-0.2, -0.15) is 5.10 Å². The fourth-order valence-electron chi connectivity index (χ4n) is 2.37. The van der Waals surface area contributed by atoms with Crippen LogP contribution >= 0.6 is 22.7 Å². The second-order valence-electron chi connectivity index (χ2n) is 5.50. The monoisotopic (exact) mass is 386 g/mol. The van der Waals surface area contributed by atoms with Crippen LogP contribution < -0.4 is 10.5 Å². The highest BCUT2D eigenvalue weighted by Gasteiger charge is 2.13. The van der Waals surface area contributed by atoms with Gasteiger partial charge in [0.2, 0.25) is 4.80 Å². The highest BCUT2D eigenvalue weighted by atomic mass is 32.1. The number of carbonyl (C=O) groups excluding carboxylic acids is 1. The summed E-state index contributed by atoms with van der Waals surface area (Å²) in [6.07, 6.45) is 1.81. The van der Waals surface area contributed by atoms with Gasteiger partial charge in [0.15, 0.2) is 0 Å². The number of aryl methyl sites for hydroxylation is 1. The smallest absolute Gasteiger partial charge is 0.252 e. The summed E-state index contributed by atoms with van der Waals surface area (Å²) in [4.78, 5) is 17.8. The Kier molecular flexibility index (Phi) is 5.34. The van der Waals surface area contributed by atoms with E-state index in [9.17, 15) is 9.90 Å². The van der Waals surface area contributed by atoms with Gasteiger partial charge in [-0.15, -0.1) is 22.7 Å². The number of rotatable bonds is 5. The Morgan fingerprint density at radius 3 is 2.81 bits per heavy atom. The van der Waals surface area contributed by atoms with E-state index >= 15 is 0 Å². The zero-order valence-electron chi connectivity index (χ0n) is 14.3. The molecule has 0 aliphatic heterocycles. The molecular formula is C18H18N4O2S2. The summed E-state index contributed by atoms with van der Waals surface area (Å²) in [5.41, 5.74) is 8.08. The van der Waals surface area contributed by atoms with Crippen LogP contribution in [0.4, 0.5) is 0 Å². The van der Waals surface area contributed by atoms with Crippen LogP contribution in [0.15, 0.2) is 45.1 Å². The van der Waals surface area contributed by atoms with Crippen LogP contribution in [-0.4, -0.2) is 28.4 Å². The fraction of sp³-hybridized carbons (Fsp3) is 0.167. The van der Waals surface area contributed by atoms with Crippen LogP contribution in [0.1, 0.15) is 27.7 Å². The van der Waals surface area contributed by atoms with Crippen molar-refractivity contribution in [2.45, 2.75) is 13.8 Å². The number of amides is 1. The molecule has 6 nitrogen and oxygen atoms in total. The lowest BCUT2D eigenvalue weighted by Crippen LogP contribution is -2.13. The highest BCUT2D eigenvalue weighted by Crippen LogP contribution is 2.26. The van der Waals surface area contributed by atoms with Crippen molar-refractivity contribution in [3.8, 4) is 17.0 Å². The molecule has 0 aliphatic carbocycles. The predicted molar refractivity (Wildman–Crippen MR) is 106 cm³/mol. The topological polar surface area (TPSA) is 93.0 Å². The SMILES string of the molecule is CCN=c1scc(-c2ccc(O)c(C(N)=O)c2)n1/N=C/c1sccc1C. The van der Waals surface area contributed by atoms with Gasteiger partial charge in [0.25, 0.3) is 5.91 Å². The molecule has 134 valence electrons. The summed E-state index contributed by atoms with van der Waals surface area (Å²) in [5.74, 6) is -0.818. The lowest BCUT2D eigenvalue weighted by atomic mass is 10.1. The minimum atomic E-state index is -0.678. The number of carbonyl (C=O) groups is 1. The van der Waals surface area contributed by atoms with E-state index in [0.29, 0.717) is 6.54 Å².